The minimum Gasteiger partial charge on any atom is -0.394 e. The van der Waals surface area contributed by atoms with Gasteiger partial charge in [-0.25, -0.2) is 4.79 Å². The molecule has 0 radical (unpaired) electrons. The molecule has 2 amide bonds. The highest BCUT2D eigenvalue weighted by Gasteiger charge is 2.20. The maximum atomic E-state index is 11.3. The van der Waals surface area contributed by atoms with Crippen molar-refractivity contribution in [3.63, 3.8) is 0 Å². The van der Waals surface area contributed by atoms with Crippen LogP contribution in [0.3, 0.4) is 0 Å². The molecule has 0 spiro atoms. The van der Waals surface area contributed by atoms with Gasteiger partial charge in [0.25, 0.3) is 0 Å². The second-order valence-electron chi connectivity index (χ2n) is 2.82. The van der Waals surface area contributed by atoms with E-state index in [0.717, 1.165) is 0 Å². The lowest BCUT2D eigenvalue weighted by Crippen LogP contribution is -2.50. The van der Waals surface area contributed by atoms with Gasteiger partial charge < -0.3 is 10.6 Å². The van der Waals surface area contributed by atoms with E-state index >= 15 is 0 Å². The van der Waals surface area contributed by atoms with Crippen molar-refractivity contribution >= 4 is 11.7 Å². The van der Waals surface area contributed by atoms with Crippen molar-refractivity contribution in [2.75, 3.05) is 5.01 Å². The number of amides is 2. The lowest BCUT2D eigenvalue weighted by atomic mass is 10.3. The monoisotopic (exact) mass is 206 g/mol. The van der Waals surface area contributed by atoms with Crippen LogP contribution in [0, 0.1) is 0 Å². The minimum atomic E-state index is -0.608. The smallest absolute Gasteiger partial charge is 0.339 e. The van der Waals surface area contributed by atoms with Gasteiger partial charge >= 0.3 is 6.03 Å². The topological polar surface area (TPSA) is 70.8 Å². The van der Waals surface area contributed by atoms with Crippen LogP contribution in [0.15, 0.2) is 42.8 Å². The average Bonchev–Trinajstić information content (AvgIpc) is 2.72. The molecule has 0 saturated heterocycles. The summed E-state index contributed by atoms with van der Waals surface area (Å²) in [5.74, 6) is 0. The third-order valence-electron chi connectivity index (χ3n) is 1.84. The number of urea groups is 1. The standard InChI is InChI=1S/C9H10N4O2/c10-9(14)13(12-6-7-15-11-12)8-4-2-1-3-5-8/h1-7,11H,(H2,10,14). The largest absolute Gasteiger partial charge is 0.394 e. The molecule has 1 aromatic rings. The summed E-state index contributed by atoms with van der Waals surface area (Å²) in [6.07, 6.45) is 2.94. The summed E-state index contributed by atoms with van der Waals surface area (Å²) >= 11 is 0. The Bertz CT molecular complexity index is 379. The van der Waals surface area contributed by atoms with Crippen LogP contribution in [-0.2, 0) is 4.84 Å². The summed E-state index contributed by atoms with van der Waals surface area (Å²) in [5.41, 5.74) is 8.39. The summed E-state index contributed by atoms with van der Waals surface area (Å²) in [6, 6.07) is 8.39. The predicted octanol–water partition coefficient (Wildman–Crippen LogP) is 0.710. The first-order valence-corrected chi connectivity index (χ1v) is 4.31. The van der Waals surface area contributed by atoms with Crippen molar-refractivity contribution in [3.05, 3.63) is 42.8 Å². The van der Waals surface area contributed by atoms with Gasteiger partial charge in [-0.3, -0.25) is 0 Å². The number of hydrogen-bond acceptors (Lipinski definition) is 4. The molecule has 0 unspecified atom stereocenters. The number of carbonyl (C=O) groups excluding carboxylic acids is 1. The number of rotatable bonds is 2. The van der Waals surface area contributed by atoms with Crippen LogP contribution >= 0.6 is 0 Å². The second kappa shape index (κ2) is 3.89. The van der Waals surface area contributed by atoms with Crippen LogP contribution in [0.25, 0.3) is 0 Å². The zero-order chi connectivity index (χ0) is 10.7. The first-order chi connectivity index (χ1) is 7.29. The first kappa shape index (κ1) is 9.35. The Morgan fingerprint density at radius 1 is 1.40 bits per heavy atom. The Morgan fingerprint density at radius 2 is 2.13 bits per heavy atom. The maximum Gasteiger partial charge on any atom is 0.339 e. The summed E-state index contributed by atoms with van der Waals surface area (Å²) in [4.78, 5) is 16.0. The molecule has 0 aliphatic carbocycles. The molecule has 3 N–H and O–H groups in total. The van der Waals surface area contributed by atoms with Crippen molar-refractivity contribution < 1.29 is 9.63 Å². The quantitative estimate of drug-likeness (QED) is 0.747. The van der Waals surface area contributed by atoms with Gasteiger partial charge in [0.2, 0.25) is 0 Å². The van der Waals surface area contributed by atoms with Gasteiger partial charge in [0.05, 0.1) is 11.9 Å². The molecule has 1 aliphatic rings. The number of carbonyl (C=O) groups is 1. The molecule has 0 fully saturated rings. The van der Waals surface area contributed by atoms with E-state index in [4.69, 9.17) is 10.6 Å². The van der Waals surface area contributed by atoms with E-state index in [1.807, 2.05) is 18.2 Å². The number of nitrogens with one attached hydrogen (secondary N) is 1. The number of para-hydroxylation sites is 1. The molecule has 1 aliphatic heterocycles. The molecule has 0 atom stereocenters. The summed E-state index contributed by atoms with van der Waals surface area (Å²) in [5, 5.41) is 2.58. The molecule has 0 saturated carbocycles. The Morgan fingerprint density at radius 3 is 2.67 bits per heavy atom. The molecule has 6 nitrogen and oxygen atoms in total. The van der Waals surface area contributed by atoms with E-state index in [1.54, 1.807) is 12.1 Å². The molecule has 78 valence electrons. The molecule has 2 rings (SSSR count). The molecule has 0 aromatic heterocycles. The van der Waals surface area contributed by atoms with Crippen LogP contribution in [0.2, 0.25) is 0 Å². The highest BCUT2D eigenvalue weighted by atomic mass is 16.7. The number of nitrogens with two attached hydrogens (primary N) is 1. The van der Waals surface area contributed by atoms with E-state index in [-0.39, 0.29) is 0 Å². The third kappa shape index (κ3) is 1.84. The predicted molar refractivity (Wildman–Crippen MR) is 53.7 cm³/mol. The molecule has 0 bridgehead atoms. The van der Waals surface area contributed by atoms with Crippen molar-refractivity contribution in [2.45, 2.75) is 0 Å². The van der Waals surface area contributed by atoms with Crippen molar-refractivity contribution in [1.29, 1.82) is 0 Å². The maximum absolute atomic E-state index is 11.3. The lowest BCUT2D eigenvalue weighted by Gasteiger charge is -2.27. The molecular formula is C9H10N4O2. The van der Waals surface area contributed by atoms with Gasteiger partial charge in [0, 0.05) is 0 Å². The number of hydrazine groups is 2. The number of primary amides is 1. The fraction of sp³-hybridized carbons (Fsp3) is 0. The molecule has 15 heavy (non-hydrogen) atoms. The summed E-state index contributed by atoms with van der Waals surface area (Å²) in [6.45, 7) is 0. The summed E-state index contributed by atoms with van der Waals surface area (Å²) in [7, 11) is 0. The number of hydrogen-bond donors (Lipinski definition) is 2. The Kier molecular flexibility index (Phi) is 2.42. The molecule has 6 heteroatoms. The SMILES string of the molecule is NC(=O)N(c1ccccc1)N1C=CON1. The minimum absolute atomic E-state index is 0.608. The second-order valence-corrected chi connectivity index (χ2v) is 2.82. The van der Waals surface area contributed by atoms with Gasteiger partial charge in [-0.05, 0) is 17.7 Å². The number of nitrogens with zero attached hydrogens (tertiary/aromatic N) is 2. The van der Waals surface area contributed by atoms with Gasteiger partial charge in [0.15, 0.2) is 0 Å². The normalized spacial score (nSPS) is 13.7. The average molecular weight is 206 g/mol. The van der Waals surface area contributed by atoms with E-state index in [9.17, 15) is 4.79 Å². The third-order valence-corrected chi connectivity index (χ3v) is 1.84. The van der Waals surface area contributed by atoms with Gasteiger partial charge in [-0.1, -0.05) is 18.2 Å². The van der Waals surface area contributed by atoms with Crippen LogP contribution in [0.5, 0.6) is 0 Å². The molecule has 1 heterocycles. The number of benzene rings is 1. The molecule has 1 aromatic carbocycles. The van der Waals surface area contributed by atoms with Gasteiger partial charge in [0.1, 0.15) is 6.26 Å². The lowest BCUT2D eigenvalue weighted by molar-refractivity contribution is 0.0342. The molecular weight excluding hydrogens is 196 g/mol. The zero-order valence-corrected chi connectivity index (χ0v) is 7.83. The van der Waals surface area contributed by atoms with Crippen LogP contribution in [-0.4, -0.2) is 11.1 Å². The summed E-state index contributed by atoms with van der Waals surface area (Å²) < 4.78 is 0. The highest BCUT2D eigenvalue weighted by Crippen LogP contribution is 2.16. The van der Waals surface area contributed by atoms with Gasteiger partial charge in [-0.15, -0.1) is 0 Å². The van der Waals surface area contributed by atoms with Crippen molar-refractivity contribution in [3.8, 4) is 0 Å². The van der Waals surface area contributed by atoms with Crippen LogP contribution in [0.4, 0.5) is 10.5 Å². The Balaban J connectivity index is 2.27. The Hall–Kier alpha value is -2.21. The number of anilines is 1. The zero-order valence-electron chi connectivity index (χ0n) is 7.83. The van der Waals surface area contributed by atoms with Crippen LogP contribution in [0.1, 0.15) is 0 Å². The van der Waals surface area contributed by atoms with E-state index < -0.39 is 6.03 Å². The van der Waals surface area contributed by atoms with Crippen LogP contribution < -0.4 is 16.3 Å². The first-order valence-electron chi connectivity index (χ1n) is 4.31. The van der Waals surface area contributed by atoms with Gasteiger partial charge in [-0.2, -0.15) is 10.1 Å². The van der Waals surface area contributed by atoms with E-state index in [1.165, 1.54) is 22.6 Å². The van der Waals surface area contributed by atoms with E-state index in [0.29, 0.717) is 5.69 Å². The highest BCUT2D eigenvalue weighted by molar-refractivity contribution is 5.89. The Labute approximate surface area is 86.4 Å². The fourth-order valence-corrected chi connectivity index (χ4v) is 1.24. The van der Waals surface area contributed by atoms with Crippen molar-refractivity contribution in [2.24, 2.45) is 5.73 Å². The van der Waals surface area contributed by atoms with E-state index in [2.05, 4.69) is 5.59 Å². The van der Waals surface area contributed by atoms with Crippen molar-refractivity contribution in [1.82, 2.24) is 10.7 Å². The fourth-order valence-electron chi connectivity index (χ4n) is 1.24.